The van der Waals surface area contributed by atoms with Gasteiger partial charge < -0.3 is 10.2 Å². The third-order valence-electron chi connectivity index (χ3n) is 7.12. The number of halogens is 1. The molecule has 1 amide bonds. The summed E-state index contributed by atoms with van der Waals surface area (Å²) in [7, 11) is -3.84. The maximum absolute atomic E-state index is 13.6. The number of hydrogen-bond donors (Lipinski definition) is 2. The molecule has 2 N–H and O–H groups in total. The predicted molar refractivity (Wildman–Crippen MR) is 136 cm³/mol. The van der Waals surface area contributed by atoms with Crippen molar-refractivity contribution in [1.82, 2.24) is 10.0 Å². The molecule has 1 heterocycles. The van der Waals surface area contributed by atoms with Crippen molar-refractivity contribution in [2.24, 2.45) is 5.92 Å². The lowest BCUT2D eigenvalue weighted by Gasteiger charge is -2.29. The Kier molecular flexibility index (Phi) is 8.12. The average Bonchev–Trinajstić information content (AvgIpc) is 3.20. The summed E-state index contributed by atoms with van der Waals surface area (Å²) in [6.45, 7) is 5.11. The van der Waals surface area contributed by atoms with Crippen LogP contribution in [0.15, 0.2) is 47.4 Å². The van der Waals surface area contributed by atoms with Crippen LogP contribution < -0.4 is 14.9 Å². The maximum atomic E-state index is 13.6. The molecule has 1 fully saturated rings. The average molecular weight is 502 g/mol. The van der Waals surface area contributed by atoms with Crippen LogP contribution in [-0.4, -0.2) is 39.5 Å². The van der Waals surface area contributed by atoms with Crippen molar-refractivity contribution in [1.29, 1.82) is 0 Å². The summed E-state index contributed by atoms with van der Waals surface area (Å²) in [5, 5.41) is 3.04. The number of carbonyl (C=O) groups excluding carboxylic acids is 1. The van der Waals surface area contributed by atoms with Gasteiger partial charge in [0, 0.05) is 24.8 Å². The normalized spacial score (nSPS) is 18.2. The van der Waals surface area contributed by atoms with E-state index in [0.717, 1.165) is 55.5 Å². The van der Waals surface area contributed by atoms with Gasteiger partial charge in [0.15, 0.2) is 0 Å². The first kappa shape index (κ1) is 25.6. The third kappa shape index (κ3) is 6.61. The molecule has 2 unspecified atom stereocenters. The number of nitrogens with one attached hydrogen (secondary N) is 2. The van der Waals surface area contributed by atoms with Crippen molar-refractivity contribution in [2.75, 3.05) is 18.0 Å². The number of rotatable bonds is 9. The second kappa shape index (κ2) is 11.1. The highest BCUT2D eigenvalue weighted by Gasteiger charge is 2.30. The minimum atomic E-state index is -3.84. The quantitative estimate of drug-likeness (QED) is 0.537. The lowest BCUT2D eigenvalue weighted by Crippen LogP contribution is -2.52. The summed E-state index contributed by atoms with van der Waals surface area (Å²) in [5.74, 6) is -0.202. The Morgan fingerprint density at radius 3 is 2.66 bits per heavy atom. The molecule has 0 saturated heterocycles. The summed E-state index contributed by atoms with van der Waals surface area (Å²) in [5.41, 5.74) is 2.82. The molecular formula is C27H36FN3O3S. The molecule has 4 rings (SSSR count). The van der Waals surface area contributed by atoms with Gasteiger partial charge in [-0.2, -0.15) is 4.72 Å². The highest BCUT2D eigenvalue weighted by molar-refractivity contribution is 7.89. The largest absolute Gasteiger partial charge is 0.369 e. The molecule has 0 radical (unpaired) electrons. The standard InChI is InChI=1S/C27H36FN3O3S/c1-19-7-6-10-24(15-19)35(33,34)30-25(16-21-8-4-3-5-9-21)27(32)29-20(2)18-31-14-13-22-17-23(28)11-12-26(22)31/h6-7,10-12,15,17,20-21,25,30H,3-5,8-9,13-14,16,18H2,1-2H3,(H,29,32). The second-order valence-electron chi connectivity index (χ2n) is 10.1. The number of fused-ring (bicyclic) bond motifs is 1. The molecule has 35 heavy (non-hydrogen) atoms. The number of hydrogen-bond acceptors (Lipinski definition) is 4. The van der Waals surface area contributed by atoms with Gasteiger partial charge in [0.25, 0.3) is 0 Å². The van der Waals surface area contributed by atoms with Crippen molar-refractivity contribution in [3.8, 4) is 0 Å². The number of nitrogens with zero attached hydrogens (tertiary/aromatic N) is 1. The molecule has 1 aliphatic heterocycles. The van der Waals surface area contributed by atoms with Crippen molar-refractivity contribution in [2.45, 2.75) is 75.8 Å². The highest BCUT2D eigenvalue weighted by atomic mass is 32.2. The number of aryl methyl sites for hydroxylation is 1. The van der Waals surface area contributed by atoms with E-state index in [2.05, 4.69) is 14.9 Å². The molecule has 1 aliphatic carbocycles. The van der Waals surface area contributed by atoms with Gasteiger partial charge in [-0.15, -0.1) is 0 Å². The van der Waals surface area contributed by atoms with Gasteiger partial charge in [-0.25, -0.2) is 12.8 Å². The molecule has 6 nitrogen and oxygen atoms in total. The molecule has 0 spiro atoms. The summed E-state index contributed by atoms with van der Waals surface area (Å²) < 4.78 is 42.5. The van der Waals surface area contributed by atoms with Crippen LogP contribution in [0.1, 0.15) is 56.6 Å². The molecule has 1 saturated carbocycles. The first-order chi connectivity index (χ1) is 16.7. The molecule has 2 aromatic rings. The van der Waals surface area contributed by atoms with Crippen LogP contribution in [0, 0.1) is 18.7 Å². The van der Waals surface area contributed by atoms with E-state index in [0.29, 0.717) is 18.9 Å². The first-order valence-electron chi connectivity index (χ1n) is 12.6. The fourth-order valence-corrected chi connectivity index (χ4v) is 6.66. The van der Waals surface area contributed by atoms with Crippen LogP contribution in [0.2, 0.25) is 0 Å². The molecule has 2 atom stereocenters. The summed E-state index contributed by atoms with van der Waals surface area (Å²) in [4.78, 5) is 15.7. The van der Waals surface area contributed by atoms with Crippen LogP contribution in [0.25, 0.3) is 0 Å². The van der Waals surface area contributed by atoms with Gasteiger partial charge >= 0.3 is 0 Å². The van der Waals surface area contributed by atoms with E-state index in [4.69, 9.17) is 0 Å². The minimum absolute atomic E-state index is 0.174. The zero-order valence-electron chi connectivity index (χ0n) is 20.6. The van der Waals surface area contributed by atoms with Gasteiger partial charge in [-0.1, -0.05) is 44.2 Å². The minimum Gasteiger partial charge on any atom is -0.369 e. The number of sulfonamides is 1. The van der Waals surface area contributed by atoms with E-state index in [1.807, 2.05) is 19.9 Å². The van der Waals surface area contributed by atoms with Crippen molar-refractivity contribution < 1.29 is 17.6 Å². The molecular weight excluding hydrogens is 465 g/mol. The highest BCUT2D eigenvalue weighted by Crippen LogP contribution is 2.29. The number of carbonyl (C=O) groups is 1. The van der Waals surface area contributed by atoms with Crippen LogP contribution >= 0.6 is 0 Å². The Balaban J connectivity index is 1.44. The smallest absolute Gasteiger partial charge is 0.241 e. The topological polar surface area (TPSA) is 78.5 Å². The lowest BCUT2D eigenvalue weighted by atomic mass is 9.85. The molecule has 190 valence electrons. The fraction of sp³-hybridized carbons (Fsp3) is 0.519. The summed E-state index contributed by atoms with van der Waals surface area (Å²) >= 11 is 0. The molecule has 0 aromatic heterocycles. The van der Waals surface area contributed by atoms with Gasteiger partial charge in [0.05, 0.1) is 4.90 Å². The van der Waals surface area contributed by atoms with Crippen LogP contribution in [-0.2, 0) is 21.2 Å². The zero-order chi connectivity index (χ0) is 25.0. The van der Waals surface area contributed by atoms with Crippen molar-refractivity contribution in [3.63, 3.8) is 0 Å². The maximum Gasteiger partial charge on any atom is 0.241 e. The van der Waals surface area contributed by atoms with Crippen LogP contribution in [0.3, 0.4) is 0 Å². The summed E-state index contributed by atoms with van der Waals surface area (Å²) in [6, 6.07) is 10.5. The van der Waals surface area contributed by atoms with E-state index in [-0.39, 0.29) is 22.7 Å². The van der Waals surface area contributed by atoms with Crippen LogP contribution in [0.4, 0.5) is 10.1 Å². The van der Waals surface area contributed by atoms with Gasteiger partial charge in [-0.3, -0.25) is 4.79 Å². The SMILES string of the molecule is Cc1cccc(S(=O)(=O)NC(CC2CCCCC2)C(=O)NC(C)CN2CCc3cc(F)ccc32)c1. The van der Waals surface area contributed by atoms with Gasteiger partial charge in [0.1, 0.15) is 11.9 Å². The van der Waals surface area contributed by atoms with E-state index in [1.165, 1.54) is 12.5 Å². The van der Waals surface area contributed by atoms with E-state index in [1.54, 1.807) is 30.3 Å². The zero-order valence-corrected chi connectivity index (χ0v) is 21.4. The molecule has 0 bridgehead atoms. The molecule has 8 heteroatoms. The van der Waals surface area contributed by atoms with Crippen molar-refractivity contribution >= 4 is 21.6 Å². The van der Waals surface area contributed by atoms with Crippen LogP contribution in [0.5, 0.6) is 0 Å². The Morgan fingerprint density at radius 1 is 1.14 bits per heavy atom. The molecule has 2 aromatic carbocycles. The first-order valence-corrected chi connectivity index (χ1v) is 14.1. The Bertz CT molecular complexity index is 1150. The molecule has 2 aliphatic rings. The van der Waals surface area contributed by atoms with Gasteiger partial charge in [-0.05, 0) is 74.1 Å². The predicted octanol–water partition coefficient (Wildman–Crippen LogP) is 4.32. The third-order valence-corrected chi connectivity index (χ3v) is 8.59. The Labute approximate surface area is 208 Å². The second-order valence-corrected chi connectivity index (χ2v) is 11.8. The van der Waals surface area contributed by atoms with Gasteiger partial charge in [0.2, 0.25) is 15.9 Å². The lowest BCUT2D eigenvalue weighted by molar-refractivity contribution is -0.123. The Hall–Kier alpha value is -2.45. The Morgan fingerprint density at radius 2 is 1.91 bits per heavy atom. The van der Waals surface area contributed by atoms with Crippen molar-refractivity contribution in [3.05, 3.63) is 59.4 Å². The monoisotopic (exact) mass is 501 g/mol. The number of amides is 1. The number of benzene rings is 2. The van der Waals surface area contributed by atoms with E-state index < -0.39 is 16.1 Å². The number of anilines is 1. The van der Waals surface area contributed by atoms with E-state index >= 15 is 0 Å². The fourth-order valence-electron chi connectivity index (χ4n) is 5.35. The van der Waals surface area contributed by atoms with E-state index in [9.17, 15) is 17.6 Å². The summed E-state index contributed by atoms with van der Waals surface area (Å²) in [6.07, 6.45) is 6.74.